The van der Waals surface area contributed by atoms with Gasteiger partial charge in [0, 0.05) is 17.8 Å². The monoisotopic (exact) mass is 474 g/mol. The van der Waals surface area contributed by atoms with Gasteiger partial charge in [0.15, 0.2) is 0 Å². The van der Waals surface area contributed by atoms with E-state index < -0.39 is 9.05 Å². The molecule has 3 aliphatic rings. The molecule has 3 fully saturated rings. The van der Waals surface area contributed by atoms with Gasteiger partial charge in [-0.3, -0.25) is 0 Å². The van der Waals surface area contributed by atoms with E-state index >= 15 is 0 Å². The van der Waals surface area contributed by atoms with E-state index in [0.29, 0.717) is 57.4 Å². The fraction of sp³-hybridized carbons (Fsp3) is 0.913. The zero-order chi connectivity index (χ0) is 22.8. The second-order valence-corrected chi connectivity index (χ2v) is 10.9. The first kappa shape index (κ1) is 26.2. The second kappa shape index (κ2) is 13.5. The average Bonchev–Trinajstić information content (AvgIpc) is 2.72. The van der Waals surface area contributed by atoms with Crippen molar-refractivity contribution in [1.82, 2.24) is 0 Å². The Morgan fingerprint density at radius 2 is 1.16 bits per heavy atom. The first-order chi connectivity index (χ1) is 15.6. The Bertz CT molecular complexity index is 484. The van der Waals surface area contributed by atoms with Gasteiger partial charge >= 0.3 is 9.05 Å². The van der Waals surface area contributed by atoms with Crippen molar-refractivity contribution in [3.05, 3.63) is 12.7 Å². The molecule has 0 aromatic carbocycles. The molecule has 9 heteroatoms. The van der Waals surface area contributed by atoms with Crippen molar-refractivity contribution in [1.29, 1.82) is 0 Å². The predicted molar refractivity (Wildman–Crippen MR) is 121 cm³/mol. The molecule has 32 heavy (non-hydrogen) atoms. The van der Waals surface area contributed by atoms with Crippen molar-refractivity contribution in [2.45, 2.75) is 58.3 Å². The van der Waals surface area contributed by atoms with Crippen molar-refractivity contribution >= 4 is 9.05 Å². The minimum atomic E-state index is -3.46. The van der Waals surface area contributed by atoms with Gasteiger partial charge in [0.25, 0.3) is 0 Å². The molecular formula is C23H42O8Si. The van der Waals surface area contributed by atoms with E-state index in [1.165, 1.54) is 0 Å². The van der Waals surface area contributed by atoms with Crippen LogP contribution in [0.4, 0.5) is 0 Å². The Hall–Kier alpha value is -0.363. The highest BCUT2D eigenvalue weighted by atomic mass is 28.4. The van der Waals surface area contributed by atoms with E-state index in [9.17, 15) is 0 Å². The normalized spacial score (nSPS) is 33.6. The molecule has 6 unspecified atom stereocenters. The molecule has 3 rings (SSSR count). The third-order valence-electron chi connectivity index (χ3n) is 6.74. The molecule has 0 saturated carbocycles. The van der Waals surface area contributed by atoms with E-state index in [0.717, 1.165) is 39.1 Å². The third-order valence-corrected chi connectivity index (χ3v) is 8.86. The molecule has 0 bridgehead atoms. The van der Waals surface area contributed by atoms with Crippen LogP contribution in [0.3, 0.4) is 0 Å². The van der Waals surface area contributed by atoms with Gasteiger partial charge in [0.05, 0.1) is 77.8 Å². The van der Waals surface area contributed by atoms with Crippen LogP contribution in [0.5, 0.6) is 0 Å². The second-order valence-electron chi connectivity index (χ2n) is 8.77. The van der Waals surface area contributed by atoms with Crippen molar-refractivity contribution < 1.29 is 36.7 Å². The molecule has 3 heterocycles. The summed E-state index contributed by atoms with van der Waals surface area (Å²) in [7, 11) is -3.46. The topological polar surface area (TPSA) is 73.8 Å². The molecule has 0 aromatic heterocycles. The van der Waals surface area contributed by atoms with Crippen LogP contribution in [0, 0.1) is 17.8 Å². The van der Waals surface area contributed by atoms with Crippen LogP contribution in [0.1, 0.15) is 40.0 Å². The van der Waals surface area contributed by atoms with Gasteiger partial charge in [-0.05, 0) is 19.3 Å². The summed E-state index contributed by atoms with van der Waals surface area (Å²) >= 11 is 0. The molecule has 0 aliphatic carbocycles. The Balaban J connectivity index is 1.62. The number of ether oxygens (including phenoxy) is 4. The van der Waals surface area contributed by atoms with Crippen LogP contribution in [-0.2, 0) is 36.7 Å². The summed E-state index contributed by atoms with van der Waals surface area (Å²) in [4.78, 5) is 0. The molecule has 0 N–H and O–H groups in total. The van der Waals surface area contributed by atoms with E-state index in [1.54, 1.807) is 6.08 Å². The van der Waals surface area contributed by atoms with E-state index in [-0.39, 0.29) is 18.3 Å². The minimum Gasteiger partial charge on any atom is -0.375 e. The first-order valence-electron chi connectivity index (χ1n) is 12.2. The molecule has 186 valence electrons. The highest BCUT2D eigenvalue weighted by Gasteiger charge is 2.50. The van der Waals surface area contributed by atoms with Crippen LogP contribution in [0.2, 0.25) is 0 Å². The van der Waals surface area contributed by atoms with Gasteiger partial charge in [-0.15, -0.1) is 6.58 Å². The van der Waals surface area contributed by atoms with Crippen molar-refractivity contribution in [3.63, 3.8) is 0 Å². The van der Waals surface area contributed by atoms with Crippen LogP contribution in [0.15, 0.2) is 12.7 Å². The van der Waals surface area contributed by atoms with Gasteiger partial charge in [-0.25, -0.2) is 0 Å². The Morgan fingerprint density at radius 3 is 1.47 bits per heavy atom. The van der Waals surface area contributed by atoms with E-state index in [2.05, 4.69) is 27.4 Å². The Morgan fingerprint density at radius 1 is 0.719 bits per heavy atom. The van der Waals surface area contributed by atoms with E-state index in [1.807, 2.05) is 0 Å². The SMILES string of the molecule is C=CCOCCO[Si](OCC1OCC1CC)(OCC1OCC1CC)OCC1OCC1CC. The Kier molecular flexibility index (Phi) is 11.1. The van der Waals surface area contributed by atoms with Crippen LogP contribution in [0.25, 0.3) is 0 Å². The van der Waals surface area contributed by atoms with Crippen LogP contribution < -0.4 is 0 Å². The largest absolute Gasteiger partial charge is 0.680 e. The number of rotatable bonds is 18. The smallest absolute Gasteiger partial charge is 0.375 e. The maximum atomic E-state index is 6.31. The maximum Gasteiger partial charge on any atom is 0.680 e. The summed E-state index contributed by atoms with van der Waals surface area (Å²) in [6.45, 7) is 14.9. The third kappa shape index (κ3) is 7.07. The van der Waals surface area contributed by atoms with Crippen molar-refractivity contribution in [3.8, 4) is 0 Å². The molecule has 0 aromatic rings. The standard InChI is InChI=1S/C23H42O8Si/c1-5-9-24-10-11-28-32(29-15-21-18(6-2)12-25-21,30-16-22-19(7-3)13-26-22)31-17-23-20(8-4)14-27-23/h5,18-23H,1,6-17H2,2-4H3. The highest BCUT2D eigenvalue weighted by Crippen LogP contribution is 2.29. The van der Waals surface area contributed by atoms with Crippen LogP contribution >= 0.6 is 0 Å². The summed E-state index contributed by atoms with van der Waals surface area (Å²) in [5.41, 5.74) is 0. The summed E-state index contributed by atoms with van der Waals surface area (Å²) in [6.07, 6.45) is 5.03. The molecule has 8 nitrogen and oxygen atoms in total. The molecule has 0 amide bonds. The zero-order valence-corrected chi connectivity index (χ0v) is 21.0. The van der Waals surface area contributed by atoms with Gasteiger partial charge in [-0.2, -0.15) is 0 Å². The quantitative estimate of drug-likeness (QED) is 0.171. The number of hydrogen-bond donors (Lipinski definition) is 0. The van der Waals surface area contributed by atoms with Gasteiger partial charge in [-0.1, -0.05) is 26.8 Å². The Labute approximate surface area is 194 Å². The fourth-order valence-corrected chi connectivity index (χ4v) is 5.93. The van der Waals surface area contributed by atoms with E-state index in [4.69, 9.17) is 36.7 Å². The summed E-state index contributed by atoms with van der Waals surface area (Å²) in [5.74, 6) is 1.49. The van der Waals surface area contributed by atoms with Crippen molar-refractivity contribution in [2.24, 2.45) is 17.8 Å². The summed E-state index contributed by atoms with van der Waals surface area (Å²) in [6, 6.07) is 0. The zero-order valence-electron chi connectivity index (χ0n) is 20.0. The van der Waals surface area contributed by atoms with Crippen LogP contribution in [-0.4, -0.2) is 86.8 Å². The van der Waals surface area contributed by atoms with Gasteiger partial charge in [0.1, 0.15) is 0 Å². The lowest BCUT2D eigenvalue weighted by molar-refractivity contribution is -0.179. The minimum absolute atomic E-state index is 0.0476. The van der Waals surface area contributed by atoms with Gasteiger partial charge < -0.3 is 36.7 Å². The lowest BCUT2D eigenvalue weighted by Gasteiger charge is -2.41. The average molecular weight is 475 g/mol. The molecular weight excluding hydrogens is 432 g/mol. The van der Waals surface area contributed by atoms with Gasteiger partial charge in [0.2, 0.25) is 0 Å². The highest BCUT2D eigenvalue weighted by molar-refractivity contribution is 6.53. The summed E-state index contributed by atoms with van der Waals surface area (Å²) < 4.78 is 47.8. The molecule has 0 spiro atoms. The molecule has 3 aliphatic heterocycles. The lowest BCUT2D eigenvalue weighted by atomic mass is 9.96. The molecule has 3 saturated heterocycles. The molecule has 0 radical (unpaired) electrons. The lowest BCUT2D eigenvalue weighted by Crippen LogP contribution is -2.57. The predicted octanol–water partition coefficient (Wildman–Crippen LogP) is 2.97. The van der Waals surface area contributed by atoms with Crippen molar-refractivity contribution in [2.75, 3.05) is 59.5 Å². The maximum absolute atomic E-state index is 6.31. The summed E-state index contributed by atoms with van der Waals surface area (Å²) in [5, 5.41) is 0. The molecule has 6 atom stereocenters. The first-order valence-corrected chi connectivity index (χ1v) is 13.9. The number of hydrogen-bond acceptors (Lipinski definition) is 8. The fourth-order valence-electron chi connectivity index (χ4n) is 3.99.